The van der Waals surface area contributed by atoms with Crippen LogP contribution in [0, 0.1) is 11.6 Å². The van der Waals surface area contributed by atoms with Gasteiger partial charge in [-0.3, -0.25) is 0 Å². The molecule has 0 spiro atoms. The predicted octanol–water partition coefficient (Wildman–Crippen LogP) is 2.70. The van der Waals surface area contributed by atoms with Crippen LogP contribution in [-0.4, -0.2) is 29.9 Å². The van der Waals surface area contributed by atoms with Crippen molar-refractivity contribution in [1.82, 2.24) is 4.98 Å². The van der Waals surface area contributed by atoms with Gasteiger partial charge in [0, 0.05) is 5.56 Å². The zero-order valence-electron chi connectivity index (χ0n) is 12.7. The highest BCUT2D eigenvalue weighted by Crippen LogP contribution is 2.22. The third-order valence-corrected chi connectivity index (χ3v) is 4.67. The van der Waals surface area contributed by atoms with Crippen molar-refractivity contribution in [1.29, 1.82) is 0 Å². The van der Waals surface area contributed by atoms with E-state index in [2.05, 4.69) is 4.98 Å². The predicted molar refractivity (Wildman–Crippen MR) is 80.3 cm³/mol. The Hall–Kier alpha value is -1.80. The Morgan fingerprint density at radius 2 is 1.96 bits per heavy atom. The molecule has 0 bridgehead atoms. The average Bonchev–Trinajstić information content (AvgIpc) is 2.87. The number of oxazole rings is 1. The normalized spacial score (nSPS) is 12.6. The summed E-state index contributed by atoms with van der Waals surface area (Å²) in [6.07, 6.45) is 1.27. The fraction of sp³-hybridized carbons (Fsp3) is 0.400. The minimum Gasteiger partial charge on any atom is -0.444 e. The Balaban J connectivity index is 2.11. The second-order valence-corrected chi connectivity index (χ2v) is 8.11. The van der Waals surface area contributed by atoms with Gasteiger partial charge in [0.2, 0.25) is 5.89 Å². The summed E-state index contributed by atoms with van der Waals surface area (Å²) in [5, 5.41) is 9.58. The van der Waals surface area contributed by atoms with Gasteiger partial charge in [-0.2, -0.15) is 0 Å². The lowest BCUT2D eigenvalue weighted by molar-refractivity contribution is 0.0772. The van der Waals surface area contributed by atoms with Crippen LogP contribution in [0.4, 0.5) is 8.78 Å². The molecule has 0 saturated carbocycles. The van der Waals surface area contributed by atoms with Gasteiger partial charge in [-0.05, 0) is 38.5 Å². The molecule has 1 aromatic carbocycles. The molecule has 2 rings (SSSR count). The quantitative estimate of drug-likeness (QED) is 0.871. The number of benzene rings is 1. The lowest BCUT2D eigenvalue weighted by Gasteiger charge is -2.16. The van der Waals surface area contributed by atoms with Gasteiger partial charge in [-0.25, -0.2) is 22.2 Å². The van der Waals surface area contributed by atoms with Gasteiger partial charge in [0.25, 0.3) is 0 Å². The van der Waals surface area contributed by atoms with Gasteiger partial charge < -0.3 is 9.52 Å². The second-order valence-electron chi connectivity index (χ2n) is 5.93. The largest absolute Gasteiger partial charge is 0.444 e. The summed E-state index contributed by atoms with van der Waals surface area (Å²) in [7, 11) is -3.47. The highest BCUT2D eigenvalue weighted by Gasteiger charge is 2.21. The maximum absolute atomic E-state index is 13.2. The Bertz CT molecular complexity index is 794. The summed E-state index contributed by atoms with van der Waals surface area (Å²) in [4.78, 5) is 3.98. The first kappa shape index (κ1) is 17.6. The van der Waals surface area contributed by atoms with Crippen molar-refractivity contribution >= 4 is 9.84 Å². The highest BCUT2D eigenvalue weighted by molar-refractivity contribution is 7.90. The standard InChI is InChI=1S/C15H17F2NO4S/c1-15(2,19)5-6-23(20,21)9-11-8-22-14(18-11)10-3-4-12(16)13(17)7-10/h3-4,7-8,19H,5-6,9H2,1-2H3. The van der Waals surface area contributed by atoms with E-state index in [1.165, 1.54) is 19.9 Å². The SMILES string of the molecule is CC(C)(O)CCS(=O)(=O)Cc1coc(-c2ccc(F)c(F)c2)n1. The van der Waals surface area contributed by atoms with Crippen molar-refractivity contribution in [2.75, 3.05) is 5.75 Å². The maximum atomic E-state index is 13.2. The minimum atomic E-state index is -3.47. The summed E-state index contributed by atoms with van der Waals surface area (Å²) in [6.45, 7) is 3.06. The summed E-state index contributed by atoms with van der Waals surface area (Å²) in [5.74, 6) is -2.56. The minimum absolute atomic E-state index is 0.0107. The van der Waals surface area contributed by atoms with Crippen molar-refractivity contribution in [3.63, 3.8) is 0 Å². The summed E-state index contributed by atoms with van der Waals surface area (Å²) < 4.78 is 55.2. The Morgan fingerprint density at radius 1 is 1.26 bits per heavy atom. The Morgan fingerprint density at radius 3 is 2.57 bits per heavy atom. The van der Waals surface area contributed by atoms with E-state index >= 15 is 0 Å². The molecule has 1 heterocycles. The van der Waals surface area contributed by atoms with Crippen LogP contribution < -0.4 is 0 Å². The molecule has 0 saturated heterocycles. The van der Waals surface area contributed by atoms with Gasteiger partial charge >= 0.3 is 0 Å². The van der Waals surface area contributed by atoms with Gasteiger partial charge in [-0.15, -0.1) is 0 Å². The van der Waals surface area contributed by atoms with Gasteiger partial charge in [0.05, 0.1) is 22.8 Å². The average molecular weight is 345 g/mol. The van der Waals surface area contributed by atoms with Gasteiger partial charge in [-0.1, -0.05) is 0 Å². The highest BCUT2D eigenvalue weighted by atomic mass is 32.2. The number of halogens is 2. The van der Waals surface area contributed by atoms with E-state index in [1.807, 2.05) is 0 Å². The smallest absolute Gasteiger partial charge is 0.226 e. The van der Waals surface area contributed by atoms with Gasteiger partial charge in [0.15, 0.2) is 21.5 Å². The summed E-state index contributed by atoms with van der Waals surface area (Å²) in [5.41, 5.74) is -0.697. The molecule has 126 valence electrons. The van der Waals surface area contributed by atoms with Crippen LogP contribution in [-0.2, 0) is 15.6 Å². The van der Waals surface area contributed by atoms with Gasteiger partial charge in [0.1, 0.15) is 6.26 Å². The van der Waals surface area contributed by atoms with Crippen molar-refractivity contribution < 1.29 is 26.7 Å². The third-order valence-electron chi connectivity index (χ3n) is 3.11. The van der Waals surface area contributed by atoms with E-state index < -0.39 is 27.1 Å². The van der Waals surface area contributed by atoms with E-state index in [4.69, 9.17) is 4.42 Å². The number of sulfone groups is 1. The summed E-state index contributed by atoms with van der Waals surface area (Å²) in [6, 6.07) is 3.15. The fourth-order valence-corrected chi connectivity index (χ4v) is 3.38. The number of rotatable bonds is 6. The summed E-state index contributed by atoms with van der Waals surface area (Å²) >= 11 is 0. The zero-order valence-corrected chi connectivity index (χ0v) is 13.5. The first-order chi connectivity index (χ1) is 10.6. The topological polar surface area (TPSA) is 80.4 Å². The lowest BCUT2D eigenvalue weighted by Crippen LogP contribution is -2.24. The molecule has 0 radical (unpaired) electrons. The molecule has 0 fully saturated rings. The van der Waals surface area contributed by atoms with E-state index in [1.54, 1.807) is 0 Å². The molecule has 0 aliphatic heterocycles. The molecule has 5 nitrogen and oxygen atoms in total. The monoisotopic (exact) mass is 345 g/mol. The number of nitrogens with zero attached hydrogens (tertiary/aromatic N) is 1. The van der Waals surface area contributed by atoms with Crippen LogP contribution in [0.3, 0.4) is 0 Å². The molecule has 23 heavy (non-hydrogen) atoms. The lowest BCUT2D eigenvalue weighted by atomic mass is 10.1. The van der Waals surface area contributed by atoms with Crippen molar-refractivity contribution in [2.24, 2.45) is 0 Å². The molecule has 8 heteroatoms. The number of aliphatic hydroxyl groups is 1. The molecular formula is C15H17F2NO4S. The van der Waals surface area contributed by atoms with E-state index in [0.717, 1.165) is 18.4 Å². The van der Waals surface area contributed by atoms with Crippen LogP contribution in [0.25, 0.3) is 11.5 Å². The maximum Gasteiger partial charge on any atom is 0.226 e. The van der Waals surface area contributed by atoms with Crippen molar-refractivity contribution in [2.45, 2.75) is 31.6 Å². The molecule has 1 aromatic heterocycles. The molecule has 0 atom stereocenters. The molecule has 2 aromatic rings. The molecular weight excluding hydrogens is 328 g/mol. The number of aromatic nitrogens is 1. The zero-order chi connectivity index (χ0) is 17.3. The molecule has 0 unspecified atom stereocenters. The Kier molecular flexibility index (Phi) is 4.86. The van der Waals surface area contributed by atoms with Crippen LogP contribution in [0.1, 0.15) is 26.0 Å². The van der Waals surface area contributed by atoms with Crippen molar-refractivity contribution in [3.8, 4) is 11.5 Å². The van der Waals surface area contributed by atoms with E-state index in [-0.39, 0.29) is 35.1 Å². The van der Waals surface area contributed by atoms with Crippen LogP contribution >= 0.6 is 0 Å². The first-order valence-corrected chi connectivity index (χ1v) is 8.70. The van der Waals surface area contributed by atoms with Crippen molar-refractivity contribution in [3.05, 3.63) is 41.8 Å². The van der Waals surface area contributed by atoms with Crippen LogP contribution in [0.2, 0.25) is 0 Å². The Labute approximate surface area is 132 Å². The fourth-order valence-electron chi connectivity index (χ4n) is 1.84. The molecule has 0 aliphatic carbocycles. The van der Waals surface area contributed by atoms with Crippen LogP contribution in [0.5, 0.6) is 0 Å². The molecule has 1 N–H and O–H groups in total. The third kappa shape index (κ3) is 5.11. The first-order valence-electron chi connectivity index (χ1n) is 6.88. The van der Waals surface area contributed by atoms with Crippen LogP contribution in [0.15, 0.2) is 28.9 Å². The molecule has 0 aliphatic rings. The number of hydrogen-bond acceptors (Lipinski definition) is 5. The van der Waals surface area contributed by atoms with E-state index in [0.29, 0.717) is 0 Å². The van der Waals surface area contributed by atoms with E-state index in [9.17, 15) is 22.3 Å². The number of hydrogen-bond donors (Lipinski definition) is 1. The molecule has 0 amide bonds. The second kappa shape index (κ2) is 6.37.